The lowest BCUT2D eigenvalue weighted by Crippen LogP contribution is -2.14. The van der Waals surface area contributed by atoms with Gasteiger partial charge in [-0.3, -0.25) is 9.52 Å². The number of hydrogen-bond donors (Lipinski definition) is 3. The fourth-order valence-electron chi connectivity index (χ4n) is 3.72. The second-order valence-corrected chi connectivity index (χ2v) is 9.21. The van der Waals surface area contributed by atoms with Crippen molar-refractivity contribution >= 4 is 38.7 Å². The van der Waals surface area contributed by atoms with Crippen LogP contribution in [0.5, 0.6) is 5.75 Å². The molecule has 4 rings (SSSR count). The van der Waals surface area contributed by atoms with E-state index in [1.54, 1.807) is 47.9 Å². The number of anilines is 2. The van der Waals surface area contributed by atoms with Gasteiger partial charge in [0.2, 0.25) is 5.78 Å². The Labute approximate surface area is 195 Å². The van der Waals surface area contributed by atoms with E-state index in [-0.39, 0.29) is 33.1 Å². The zero-order chi connectivity index (χ0) is 24.6. The van der Waals surface area contributed by atoms with Crippen LogP contribution >= 0.6 is 0 Å². The van der Waals surface area contributed by atoms with E-state index in [2.05, 4.69) is 4.72 Å². The van der Waals surface area contributed by atoms with Crippen LogP contribution in [0.2, 0.25) is 0 Å². The zero-order valence-electron chi connectivity index (χ0n) is 18.3. The SMILES string of the molecule is COc1cccc(S(=O)(=O)Nc2c(C)c(C(=O)c3ccc(N)c(C(=O)O)c3)n3ccccc23)c1. The Morgan fingerprint density at radius 1 is 1.06 bits per heavy atom. The summed E-state index contributed by atoms with van der Waals surface area (Å²) in [4.78, 5) is 24.9. The summed E-state index contributed by atoms with van der Waals surface area (Å²) in [7, 11) is -2.57. The molecule has 0 atom stereocenters. The van der Waals surface area contributed by atoms with Gasteiger partial charge in [0, 0.05) is 29.1 Å². The molecule has 174 valence electrons. The quantitative estimate of drug-likeness (QED) is 0.272. The van der Waals surface area contributed by atoms with Gasteiger partial charge in [-0.15, -0.1) is 0 Å². The number of hydrogen-bond acceptors (Lipinski definition) is 6. The molecule has 34 heavy (non-hydrogen) atoms. The molecule has 0 fully saturated rings. The molecule has 0 aliphatic rings. The molecule has 0 radical (unpaired) electrons. The Morgan fingerprint density at radius 3 is 2.53 bits per heavy atom. The van der Waals surface area contributed by atoms with Crippen LogP contribution < -0.4 is 15.2 Å². The molecule has 0 aliphatic carbocycles. The first-order chi connectivity index (χ1) is 16.1. The predicted octanol–water partition coefficient (Wildman–Crippen LogP) is 3.57. The zero-order valence-corrected chi connectivity index (χ0v) is 19.1. The Balaban J connectivity index is 1.84. The Bertz CT molecular complexity index is 1560. The van der Waals surface area contributed by atoms with Gasteiger partial charge in [0.25, 0.3) is 10.0 Å². The minimum Gasteiger partial charge on any atom is -0.497 e. The average molecular weight is 480 g/mol. The topological polar surface area (TPSA) is 140 Å². The van der Waals surface area contributed by atoms with E-state index < -0.39 is 21.8 Å². The number of carboxylic acid groups (broad SMARTS) is 1. The number of ether oxygens (including phenoxy) is 1. The van der Waals surface area contributed by atoms with Crippen molar-refractivity contribution in [1.82, 2.24) is 4.40 Å². The van der Waals surface area contributed by atoms with E-state index in [9.17, 15) is 23.1 Å². The van der Waals surface area contributed by atoms with Crippen LogP contribution in [-0.4, -0.2) is 36.8 Å². The standard InChI is InChI=1S/C24H21N3O6S/c1-14-21(26-34(31,32)17-7-5-6-16(13-17)33-2)20-8-3-4-11-27(20)22(14)23(28)15-9-10-19(25)18(12-15)24(29)30/h3-13,26H,25H2,1-2H3,(H,29,30). The molecule has 2 aromatic carbocycles. The largest absolute Gasteiger partial charge is 0.497 e. The number of carbonyl (C=O) groups excluding carboxylic acids is 1. The molecule has 0 saturated carbocycles. The van der Waals surface area contributed by atoms with Crippen molar-refractivity contribution in [3.63, 3.8) is 0 Å². The van der Waals surface area contributed by atoms with Gasteiger partial charge in [-0.1, -0.05) is 12.1 Å². The summed E-state index contributed by atoms with van der Waals surface area (Å²) < 4.78 is 35.5. The van der Waals surface area contributed by atoms with E-state index in [1.807, 2.05) is 0 Å². The summed E-state index contributed by atoms with van der Waals surface area (Å²) in [5.74, 6) is -1.35. The molecule has 0 unspecified atom stereocenters. The number of pyridine rings is 1. The third kappa shape index (κ3) is 3.95. The third-order valence-electron chi connectivity index (χ3n) is 5.44. The van der Waals surface area contributed by atoms with Gasteiger partial charge in [-0.25, -0.2) is 13.2 Å². The monoisotopic (exact) mass is 479 g/mol. The van der Waals surface area contributed by atoms with Gasteiger partial charge in [0.15, 0.2) is 0 Å². The number of carbonyl (C=O) groups is 2. The second-order valence-electron chi connectivity index (χ2n) is 7.53. The van der Waals surface area contributed by atoms with Crippen molar-refractivity contribution in [3.05, 3.63) is 89.2 Å². The summed E-state index contributed by atoms with van der Waals surface area (Å²) in [5.41, 5.74) is 6.95. The van der Waals surface area contributed by atoms with Gasteiger partial charge in [0.05, 0.1) is 34.5 Å². The van der Waals surface area contributed by atoms with Gasteiger partial charge in [0.1, 0.15) is 5.75 Å². The van der Waals surface area contributed by atoms with Crippen LogP contribution in [0.4, 0.5) is 11.4 Å². The molecule has 4 N–H and O–H groups in total. The summed E-state index contributed by atoms with van der Waals surface area (Å²) in [6.45, 7) is 1.62. The summed E-state index contributed by atoms with van der Waals surface area (Å²) in [6, 6.07) is 15.1. The molecule has 0 spiro atoms. The number of aromatic nitrogens is 1. The molecule has 2 aromatic heterocycles. The first kappa shape index (κ1) is 22.9. The minimum absolute atomic E-state index is 0.000887. The highest BCUT2D eigenvalue weighted by Crippen LogP contribution is 2.32. The Hall–Kier alpha value is -4.31. The first-order valence-electron chi connectivity index (χ1n) is 10.1. The third-order valence-corrected chi connectivity index (χ3v) is 6.78. The number of fused-ring (bicyclic) bond motifs is 1. The number of rotatable bonds is 7. The van der Waals surface area contributed by atoms with E-state index >= 15 is 0 Å². The summed E-state index contributed by atoms with van der Waals surface area (Å²) >= 11 is 0. The van der Waals surface area contributed by atoms with Crippen LogP contribution in [-0.2, 0) is 10.0 Å². The average Bonchev–Trinajstić information content (AvgIpc) is 3.09. The Kier molecular flexibility index (Phi) is 5.76. The van der Waals surface area contributed by atoms with E-state index in [0.29, 0.717) is 16.8 Å². The first-order valence-corrected chi connectivity index (χ1v) is 11.6. The van der Waals surface area contributed by atoms with Gasteiger partial charge in [-0.05, 0) is 49.4 Å². The van der Waals surface area contributed by atoms with Crippen LogP contribution in [0, 0.1) is 6.92 Å². The molecule has 2 heterocycles. The van der Waals surface area contributed by atoms with Crippen molar-refractivity contribution in [3.8, 4) is 5.75 Å². The number of nitrogens with two attached hydrogens (primary N) is 1. The Morgan fingerprint density at radius 2 is 1.82 bits per heavy atom. The van der Waals surface area contributed by atoms with Crippen molar-refractivity contribution in [2.24, 2.45) is 0 Å². The normalized spacial score (nSPS) is 11.4. The number of sulfonamides is 1. The lowest BCUT2D eigenvalue weighted by molar-refractivity contribution is 0.0698. The van der Waals surface area contributed by atoms with Gasteiger partial charge in [-0.2, -0.15) is 0 Å². The fourth-order valence-corrected chi connectivity index (χ4v) is 4.90. The number of ketones is 1. The number of benzene rings is 2. The van der Waals surface area contributed by atoms with Crippen LogP contribution in [0.25, 0.3) is 5.52 Å². The van der Waals surface area contributed by atoms with Crippen molar-refractivity contribution < 1.29 is 27.9 Å². The molecule has 10 heteroatoms. The van der Waals surface area contributed by atoms with E-state index in [4.69, 9.17) is 10.5 Å². The molecule has 0 saturated heterocycles. The van der Waals surface area contributed by atoms with E-state index in [0.717, 1.165) is 0 Å². The molecule has 0 amide bonds. The minimum atomic E-state index is -4.01. The number of nitrogen functional groups attached to an aromatic ring is 1. The highest BCUT2D eigenvalue weighted by molar-refractivity contribution is 7.92. The molecule has 0 bridgehead atoms. The van der Waals surface area contributed by atoms with Crippen LogP contribution in [0.1, 0.15) is 32.0 Å². The maximum Gasteiger partial charge on any atom is 0.337 e. The highest BCUT2D eigenvalue weighted by Gasteiger charge is 2.26. The smallest absolute Gasteiger partial charge is 0.337 e. The number of nitrogens with one attached hydrogen (secondary N) is 1. The van der Waals surface area contributed by atoms with Gasteiger partial charge < -0.3 is 20.0 Å². The van der Waals surface area contributed by atoms with Crippen LogP contribution in [0.15, 0.2) is 71.8 Å². The maximum atomic E-state index is 13.5. The lowest BCUT2D eigenvalue weighted by Gasteiger charge is -2.10. The fraction of sp³-hybridized carbons (Fsp3) is 0.0833. The molecular weight excluding hydrogens is 458 g/mol. The summed E-state index contributed by atoms with van der Waals surface area (Å²) in [6.07, 6.45) is 1.63. The molecule has 4 aromatic rings. The van der Waals surface area contributed by atoms with Crippen LogP contribution in [0.3, 0.4) is 0 Å². The highest BCUT2D eigenvalue weighted by atomic mass is 32.2. The number of methoxy groups -OCH3 is 1. The summed E-state index contributed by atoms with van der Waals surface area (Å²) in [5, 5.41) is 9.36. The molecular formula is C24H21N3O6S. The second kappa shape index (κ2) is 8.56. The van der Waals surface area contributed by atoms with Crippen molar-refractivity contribution in [1.29, 1.82) is 0 Å². The van der Waals surface area contributed by atoms with Gasteiger partial charge >= 0.3 is 5.97 Å². The number of aromatic carboxylic acids is 1. The van der Waals surface area contributed by atoms with Crippen molar-refractivity contribution in [2.45, 2.75) is 11.8 Å². The maximum absolute atomic E-state index is 13.5. The molecule has 0 aliphatic heterocycles. The molecule has 9 nitrogen and oxygen atoms in total. The lowest BCUT2D eigenvalue weighted by atomic mass is 10.0. The van der Waals surface area contributed by atoms with Crippen molar-refractivity contribution in [2.75, 3.05) is 17.6 Å². The van der Waals surface area contributed by atoms with E-state index in [1.165, 1.54) is 37.4 Å². The number of carboxylic acids is 1. The number of nitrogens with zero attached hydrogens (tertiary/aromatic N) is 1. The predicted molar refractivity (Wildman–Crippen MR) is 127 cm³/mol.